The van der Waals surface area contributed by atoms with Crippen molar-refractivity contribution in [1.29, 1.82) is 0 Å². The van der Waals surface area contributed by atoms with Crippen molar-refractivity contribution in [3.8, 4) is 0 Å². The first-order chi connectivity index (χ1) is 13.8. The smallest absolute Gasteiger partial charge is 0.312 e. The number of nitrogens with one attached hydrogen (secondary N) is 2. The number of benzene rings is 1. The van der Waals surface area contributed by atoms with Gasteiger partial charge >= 0.3 is 6.03 Å². The number of carbonyl (C=O) groups is 3. The number of Topliss-reactive ketones (excluding diaryl/α,β-unsaturated/α-hetero) is 1. The normalized spacial score (nSPS) is 13.9. The molecule has 0 spiro atoms. The molecular formula is C24H39N3O3. The predicted molar refractivity (Wildman–Crippen MR) is 121 cm³/mol. The van der Waals surface area contributed by atoms with Crippen LogP contribution in [0.3, 0.4) is 0 Å². The van der Waals surface area contributed by atoms with E-state index in [4.69, 9.17) is 5.73 Å². The second-order valence-corrected chi connectivity index (χ2v) is 10.3. The number of amides is 3. The van der Waals surface area contributed by atoms with E-state index in [-0.39, 0.29) is 23.0 Å². The quantitative estimate of drug-likeness (QED) is 0.504. The second-order valence-electron chi connectivity index (χ2n) is 10.3. The van der Waals surface area contributed by atoms with E-state index < -0.39 is 17.5 Å². The van der Waals surface area contributed by atoms with Gasteiger partial charge in [-0.1, -0.05) is 71.9 Å². The Hall–Kier alpha value is -2.37. The molecule has 0 aliphatic heterocycles. The molecule has 0 fully saturated rings. The van der Waals surface area contributed by atoms with Crippen LogP contribution in [-0.2, 0) is 16.0 Å². The molecule has 4 N–H and O–H groups in total. The molecule has 0 saturated carbocycles. The maximum atomic E-state index is 13.3. The van der Waals surface area contributed by atoms with Crippen molar-refractivity contribution in [1.82, 2.24) is 10.6 Å². The van der Waals surface area contributed by atoms with E-state index in [0.717, 1.165) is 5.56 Å². The highest BCUT2D eigenvalue weighted by Crippen LogP contribution is 2.28. The average Bonchev–Trinajstić information content (AvgIpc) is 2.61. The maximum absolute atomic E-state index is 13.3. The Labute approximate surface area is 181 Å². The summed E-state index contributed by atoms with van der Waals surface area (Å²) in [6.45, 7) is 12.3. The van der Waals surface area contributed by atoms with Gasteiger partial charge in [0.25, 0.3) is 0 Å². The molecule has 6 heteroatoms. The van der Waals surface area contributed by atoms with E-state index in [2.05, 4.69) is 31.4 Å². The van der Waals surface area contributed by atoms with Gasteiger partial charge in [0.2, 0.25) is 5.91 Å². The van der Waals surface area contributed by atoms with Crippen LogP contribution in [0.25, 0.3) is 0 Å². The summed E-state index contributed by atoms with van der Waals surface area (Å²) < 4.78 is 0. The number of rotatable bonds is 10. The van der Waals surface area contributed by atoms with Crippen LogP contribution < -0.4 is 16.4 Å². The molecule has 168 valence electrons. The highest BCUT2D eigenvalue weighted by atomic mass is 16.2. The Balaban J connectivity index is 2.95. The van der Waals surface area contributed by atoms with Crippen LogP contribution in [0, 0.1) is 16.7 Å². The third kappa shape index (κ3) is 9.90. The van der Waals surface area contributed by atoms with E-state index in [0.29, 0.717) is 32.2 Å². The third-order valence-corrected chi connectivity index (χ3v) is 4.90. The lowest BCUT2D eigenvalue weighted by Gasteiger charge is -2.30. The summed E-state index contributed by atoms with van der Waals surface area (Å²) in [6.07, 6.45) is 2.35. The molecule has 3 amide bonds. The zero-order chi connectivity index (χ0) is 22.9. The number of carbonyl (C=O) groups excluding carboxylic acids is 3. The highest BCUT2D eigenvalue weighted by Gasteiger charge is 2.33. The minimum Gasteiger partial charge on any atom is -0.352 e. The lowest BCUT2D eigenvalue weighted by atomic mass is 9.80. The average molecular weight is 418 g/mol. The fourth-order valence-electron chi connectivity index (χ4n) is 3.49. The standard InChI is InChI=1S/C24H39N3O3/c1-23(2,3)16-18(15-17-11-8-7-9-12-17)21(29)27-19(20(28)24(4,5)6)13-10-14-26-22(25)30/h7-9,11-12,18-19H,10,13-16H2,1-6H3,(H,27,29)(H3,25,26,30). The lowest BCUT2D eigenvalue weighted by molar-refractivity contribution is -0.134. The molecule has 30 heavy (non-hydrogen) atoms. The fraction of sp³-hybridized carbons (Fsp3) is 0.625. The zero-order valence-electron chi connectivity index (χ0n) is 19.4. The van der Waals surface area contributed by atoms with Crippen molar-refractivity contribution in [2.24, 2.45) is 22.5 Å². The molecule has 0 aromatic heterocycles. The molecule has 0 aliphatic carbocycles. The Morgan fingerprint density at radius 2 is 1.60 bits per heavy atom. The van der Waals surface area contributed by atoms with Crippen molar-refractivity contribution >= 4 is 17.7 Å². The Kier molecular flexibility index (Phi) is 9.53. The van der Waals surface area contributed by atoms with Gasteiger partial charge in [0.05, 0.1) is 6.04 Å². The van der Waals surface area contributed by atoms with Gasteiger partial charge in [0, 0.05) is 17.9 Å². The minimum atomic E-state index is -0.592. The molecular weight excluding hydrogens is 378 g/mol. The predicted octanol–water partition coefficient (Wildman–Crippen LogP) is 3.83. The van der Waals surface area contributed by atoms with Crippen LogP contribution in [0.5, 0.6) is 0 Å². The molecule has 0 aliphatic rings. The molecule has 1 aromatic carbocycles. The molecule has 6 nitrogen and oxygen atoms in total. The van der Waals surface area contributed by atoms with E-state index in [1.807, 2.05) is 51.1 Å². The van der Waals surface area contributed by atoms with E-state index >= 15 is 0 Å². The summed E-state index contributed by atoms with van der Waals surface area (Å²) >= 11 is 0. The van der Waals surface area contributed by atoms with Gasteiger partial charge in [-0.2, -0.15) is 0 Å². The Bertz CT molecular complexity index is 703. The van der Waals surface area contributed by atoms with E-state index in [1.54, 1.807) is 0 Å². The first-order valence-corrected chi connectivity index (χ1v) is 10.7. The Morgan fingerprint density at radius 1 is 1.00 bits per heavy atom. The number of nitrogens with two attached hydrogens (primary N) is 1. The van der Waals surface area contributed by atoms with Crippen molar-refractivity contribution < 1.29 is 14.4 Å². The number of ketones is 1. The molecule has 2 atom stereocenters. The summed E-state index contributed by atoms with van der Waals surface area (Å²) in [4.78, 5) is 37.1. The summed E-state index contributed by atoms with van der Waals surface area (Å²) in [5.41, 5.74) is 5.61. The lowest BCUT2D eigenvalue weighted by Crippen LogP contribution is -2.48. The summed E-state index contributed by atoms with van der Waals surface area (Å²) in [7, 11) is 0. The van der Waals surface area contributed by atoms with Gasteiger partial charge in [-0.15, -0.1) is 0 Å². The second kappa shape index (κ2) is 11.1. The summed E-state index contributed by atoms with van der Waals surface area (Å²) in [6, 6.07) is 8.77. The van der Waals surface area contributed by atoms with E-state index in [1.165, 1.54) is 0 Å². The first-order valence-electron chi connectivity index (χ1n) is 10.7. The van der Waals surface area contributed by atoms with Crippen LogP contribution in [0.15, 0.2) is 30.3 Å². The van der Waals surface area contributed by atoms with E-state index in [9.17, 15) is 14.4 Å². The molecule has 1 rings (SSSR count). The maximum Gasteiger partial charge on any atom is 0.312 e. The number of hydrogen-bond acceptors (Lipinski definition) is 3. The Morgan fingerprint density at radius 3 is 2.10 bits per heavy atom. The van der Waals surface area contributed by atoms with Crippen LogP contribution in [0.4, 0.5) is 4.79 Å². The van der Waals surface area contributed by atoms with Crippen molar-refractivity contribution in [2.75, 3.05) is 6.54 Å². The third-order valence-electron chi connectivity index (χ3n) is 4.90. The minimum absolute atomic E-state index is 0.0101. The molecule has 0 saturated heterocycles. The topological polar surface area (TPSA) is 101 Å². The number of primary amides is 1. The van der Waals surface area contributed by atoms with Crippen molar-refractivity contribution in [3.05, 3.63) is 35.9 Å². The monoisotopic (exact) mass is 417 g/mol. The summed E-state index contributed by atoms with van der Waals surface area (Å²) in [5, 5.41) is 5.56. The largest absolute Gasteiger partial charge is 0.352 e. The molecule has 0 bridgehead atoms. The molecule has 0 radical (unpaired) electrons. The summed E-state index contributed by atoms with van der Waals surface area (Å²) in [5.74, 6) is -0.338. The molecule has 2 unspecified atom stereocenters. The fourth-order valence-corrected chi connectivity index (χ4v) is 3.49. The van der Waals surface area contributed by atoms with Gasteiger partial charge in [-0.25, -0.2) is 4.79 Å². The van der Waals surface area contributed by atoms with Gasteiger partial charge < -0.3 is 16.4 Å². The zero-order valence-corrected chi connectivity index (χ0v) is 19.4. The van der Waals surface area contributed by atoms with Crippen LogP contribution in [0.1, 0.15) is 66.4 Å². The first kappa shape index (κ1) is 25.7. The van der Waals surface area contributed by atoms with Gasteiger partial charge in [-0.05, 0) is 36.7 Å². The van der Waals surface area contributed by atoms with Crippen LogP contribution in [-0.4, -0.2) is 30.3 Å². The molecule has 1 aromatic rings. The van der Waals surface area contributed by atoms with Crippen LogP contribution >= 0.6 is 0 Å². The highest BCUT2D eigenvalue weighted by molar-refractivity contribution is 5.93. The van der Waals surface area contributed by atoms with Crippen molar-refractivity contribution in [2.45, 2.75) is 73.3 Å². The number of urea groups is 1. The SMILES string of the molecule is CC(C)(C)CC(Cc1ccccc1)C(=O)NC(CCCNC(N)=O)C(=O)C(C)(C)C. The van der Waals surface area contributed by atoms with Crippen molar-refractivity contribution in [3.63, 3.8) is 0 Å². The van der Waals surface area contributed by atoms with Gasteiger partial charge in [-0.3, -0.25) is 9.59 Å². The van der Waals surface area contributed by atoms with Crippen LogP contribution in [0.2, 0.25) is 0 Å². The van der Waals surface area contributed by atoms with Gasteiger partial charge in [0.1, 0.15) is 0 Å². The van der Waals surface area contributed by atoms with Gasteiger partial charge in [0.15, 0.2) is 5.78 Å². The molecule has 0 heterocycles. The number of hydrogen-bond donors (Lipinski definition) is 3.